The molecule has 1 aliphatic heterocycles. The molecule has 0 aromatic rings. The first-order chi connectivity index (χ1) is 4.30. The first kappa shape index (κ1) is 7.35. The third-order valence-electron chi connectivity index (χ3n) is 1.46. The largest absolute Gasteiger partial charge is 0.365 e. The Morgan fingerprint density at radius 2 is 2.00 bits per heavy atom. The van der Waals surface area contributed by atoms with Gasteiger partial charge in [0.05, 0.1) is 4.99 Å². The van der Waals surface area contributed by atoms with Gasteiger partial charge in [0, 0.05) is 24.6 Å². The fourth-order valence-electron chi connectivity index (χ4n) is 0.878. The molecule has 1 fully saturated rings. The molecule has 0 bridgehead atoms. The van der Waals surface area contributed by atoms with Crippen molar-refractivity contribution in [2.75, 3.05) is 24.6 Å². The highest BCUT2D eigenvalue weighted by molar-refractivity contribution is 7.99. The molecule has 0 aromatic carbocycles. The molecular formula is C6H11NS2. The fraction of sp³-hybridized carbons (Fsp3) is 0.833. The molecule has 52 valence electrons. The van der Waals surface area contributed by atoms with Crippen molar-refractivity contribution in [3.63, 3.8) is 0 Å². The minimum absolute atomic E-state index is 1.05. The van der Waals surface area contributed by atoms with Gasteiger partial charge in [0.2, 0.25) is 0 Å². The lowest BCUT2D eigenvalue weighted by Crippen LogP contribution is -2.35. The molecule has 0 saturated carbocycles. The summed E-state index contributed by atoms with van der Waals surface area (Å²) in [6.45, 7) is 4.31. The van der Waals surface area contributed by atoms with Crippen LogP contribution in [0.5, 0.6) is 0 Å². The Kier molecular flexibility index (Phi) is 2.79. The van der Waals surface area contributed by atoms with E-state index in [-0.39, 0.29) is 0 Å². The van der Waals surface area contributed by atoms with Crippen molar-refractivity contribution in [2.24, 2.45) is 0 Å². The predicted molar refractivity (Wildman–Crippen MR) is 47.2 cm³/mol. The average molecular weight is 161 g/mol. The highest BCUT2D eigenvalue weighted by Gasteiger charge is 2.08. The van der Waals surface area contributed by atoms with Crippen LogP contribution in [0.25, 0.3) is 0 Å². The van der Waals surface area contributed by atoms with Gasteiger partial charge in [-0.15, -0.1) is 0 Å². The second kappa shape index (κ2) is 3.42. The maximum atomic E-state index is 5.03. The molecule has 0 amide bonds. The van der Waals surface area contributed by atoms with Gasteiger partial charge in [-0.1, -0.05) is 12.2 Å². The smallest absolute Gasteiger partial charge is 0.0748 e. The molecule has 0 N–H and O–H groups in total. The summed E-state index contributed by atoms with van der Waals surface area (Å²) in [5.74, 6) is 2.49. The van der Waals surface area contributed by atoms with Gasteiger partial charge in [0.15, 0.2) is 0 Å². The van der Waals surface area contributed by atoms with Crippen LogP contribution in [-0.4, -0.2) is 34.5 Å². The Bertz CT molecular complexity index is 108. The summed E-state index contributed by atoms with van der Waals surface area (Å²) in [6, 6.07) is 0. The minimum atomic E-state index is 1.05. The summed E-state index contributed by atoms with van der Waals surface area (Å²) in [5, 5.41) is 0. The van der Waals surface area contributed by atoms with Gasteiger partial charge in [-0.3, -0.25) is 0 Å². The van der Waals surface area contributed by atoms with Gasteiger partial charge in [-0.25, -0.2) is 0 Å². The van der Waals surface area contributed by atoms with Crippen LogP contribution in [0.2, 0.25) is 0 Å². The molecule has 0 aliphatic carbocycles. The second-order valence-corrected chi connectivity index (χ2v) is 3.93. The van der Waals surface area contributed by atoms with E-state index < -0.39 is 0 Å². The molecule has 1 nitrogen and oxygen atoms in total. The quantitative estimate of drug-likeness (QED) is 0.494. The highest BCUT2D eigenvalue weighted by Crippen LogP contribution is 2.09. The number of nitrogens with zero attached hydrogens (tertiary/aromatic N) is 1. The third kappa shape index (κ3) is 2.14. The van der Waals surface area contributed by atoms with Crippen molar-refractivity contribution >= 4 is 29.0 Å². The number of hydrogen-bond donors (Lipinski definition) is 0. The van der Waals surface area contributed by atoms with Gasteiger partial charge in [-0.2, -0.15) is 11.8 Å². The van der Waals surface area contributed by atoms with Gasteiger partial charge >= 0.3 is 0 Å². The predicted octanol–water partition coefficient (Wildman–Crippen LogP) is 1.38. The van der Waals surface area contributed by atoms with Crippen molar-refractivity contribution in [1.29, 1.82) is 0 Å². The maximum absolute atomic E-state index is 5.03. The van der Waals surface area contributed by atoms with E-state index in [0.29, 0.717) is 0 Å². The number of thioether (sulfide) groups is 1. The molecule has 0 atom stereocenters. The summed E-state index contributed by atoms with van der Waals surface area (Å²) in [4.78, 5) is 3.32. The molecule has 3 heteroatoms. The lowest BCUT2D eigenvalue weighted by molar-refractivity contribution is 0.469. The minimum Gasteiger partial charge on any atom is -0.365 e. The van der Waals surface area contributed by atoms with E-state index in [0.717, 1.165) is 18.1 Å². The standard InChI is InChI=1S/C6H11NS2/c1-6(8)7-2-4-9-5-3-7/h2-5H2,1H3. The summed E-state index contributed by atoms with van der Waals surface area (Å²) in [6.07, 6.45) is 0. The Labute approximate surface area is 65.8 Å². The molecule has 1 heterocycles. The van der Waals surface area contributed by atoms with Gasteiger partial charge in [0.1, 0.15) is 0 Å². The van der Waals surface area contributed by atoms with Crippen LogP contribution in [0.15, 0.2) is 0 Å². The maximum Gasteiger partial charge on any atom is 0.0748 e. The average Bonchev–Trinajstić information content (AvgIpc) is 1.90. The van der Waals surface area contributed by atoms with Crippen LogP contribution in [0.4, 0.5) is 0 Å². The zero-order valence-electron chi connectivity index (χ0n) is 5.59. The topological polar surface area (TPSA) is 3.24 Å². The normalized spacial score (nSPS) is 19.9. The Balaban J connectivity index is 2.31. The molecule has 1 rings (SSSR count). The van der Waals surface area contributed by atoms with Crippen molar-refractivity contribution in [1.82, 2.24) is 4.90 Å². The van der Waals surface area contributed by atoms with E-state index >= 15 is 0 Å². The highest BCUT2D eigenvalue weighted by atomic mass is 32.2. The van der Waals surface area contributed by atoms with E-state index in [1.165, 1.54) is 11.5 Å². The zero-order chi connectivity index (χ0) is 6.69. The molecule has 0 spiro atoms. The first-order valence-corrected chi connectivity index (χ1v) is 4.70. The SMILES string of the molecule is CC(=S)N1CCSCC1. The monoisotopic (exact) mass is 161 g/mol. The summed E-state index contributed by atoms with van der Waals surface area (Å²) >= 11 is 7.05. The first-order valence-electron chi connectivity index (χ1n) is 3.14. The van der Waals surface area contributed by atoms with Crippen molar-refractivity contribution in [3.05, 3.63) is 0 Å². The molecule has 9 heavy (non-hydrogen) atoms. The summed E-state index contributed by atoms with van der Waals surface area (Å²) < 4.78 is 0. The number of hydrogen-bond acceptors (Lipinski definition) is 2. The molecule has 1 aliphatic rings. The van der Waals surface area contributed by atoms with E-state index in [9.17, 15) is 0 Å². The summed E-state index contributed by atoms with van der Waals surface area (Å²) in [7, 11) is 0. The van der Waals surface area contributed by atoms with Crippen LogP contribution >= 0.6 is 24.0 Å². The molecular weight excluding hydrogens is 150 g/mol. The fourth-order valence-corrected chi connectivity index (χ4v) is 1.96. The molecule has 0 radical (unpaired) electrons. The lowest BCUT2D eigenvalue weighted by atomic mass is 10.5. The van der Waals surface area contributed by atoms with Crippen molar-refractivity contribution in [3.8, 4) is 0 Å². The van der Waals surface area contributed by atoms with Crippen molar-refractivity contribution in [2.45, 2.75) is 6.92 Å². The Morgan fingerprint density at radius 3 is 2.33 bits per heavy atom. The Morgan fingerprint density at radius 1 is 1.44 bits per heavy atom. The number of thiocarbonyl (C=S) groups is 1. The van der Waals surface area contributed by atoms with E-state index in [1.54, 1.807) is 0 Å². The number of rotatable bonds is 0. The van der Waals surface area contributed by atoms with E-state index in [2.05, 4.69) is 4.90 Å². The van der Waals surface area contributed by atoms with Gasteiger partial charge < -0.3 is 4.90 Å². The van der Waals surface area contributed by atoms with E-state index in [1.807, 2.05) is 18.7 Å². The summed E-state index contributed by atoms with van der Waals surface area (Å²) in [5.41, 5.74) is 0. The van der Waals surface area contributed by atoms with Crippen LogP contribution in [0.3, 0.4) is 0 Å². The second-order valence-electron chi connectivity index (χ2n) is 2.12. The van der Waals surface area contributed by atoms with Crippen LogP contribution in [0, 0.1) is 0 Å². The van der Waals surface area contributed by atoms with Gasteiger partial charge in [-0.05, 0) is 6.92 Å². The third-order valence-corrected chi connectivity index (χ3v) is 2.66. The Hall–Kier alpha value is 0.240. The van der Waals surface area contributed by atoms with Crippen LogP contribution in [-0.2, 0) is 0 Å². The van der Waals surface area contributed by atoms with Crippen molar-refractivity contribution < 1.29 is 0 Å². The van der Waals surface area contributed by atoms with Crippen LogP contribution < -0.4 is 0 Å². The van der Waals surface area contributed by atoms with Gasteiger partial charge in [0.25, 0.3) is 0 Å². The van der Waals surface area contributed by atoms with Crippen LogP contribution in [0.1, 0.15) is 6.92 Å². The molecule has 0 unspecified atom stereocenters. The van der Waals surface area contributed by atoms with E-state index in [4.69, 9.17) is 12.2 Å². The lowest BCUT2D eigenvalue weighted by Gasteiger charge is -2.26. The zero-order valence-corrected chi connectivity index (χ0v) is 7.23. The molecule has 1 saturated heterocycles. The molecule has 0 aromatic heterocycles.